The summed E-state index contributed by atoms with van der Waals surface area (Å²) in [6.07, 6.45) is 6.88. The Kier molecular flexibility index (Phi) is 7.47. The number of carbonyl (C=O) groups is 2. The maximum absolute atomic E-state index is 12.6. The summed E-state index contributed by atoms with van der Waals surface area (Å²) < 4.78 is 3.27. The minimum absolute atomic E-state index is 0.0386. The molecule has 0 radical (unpaired) electrons. The van der Waals surface area contributed by atoms with Crippen molar-refractivity contribution < 1.29 is 9.59 Å². The molecule has 1 saturated carbocycles. The largest absolute Gasteiger partial charge is 0.340 e. The van der Waals surface area contributed by atoms with Crippen molar-refractivity contribution in [3.8, 4) is 0 Å². The Labute approximate surface area is 194 Å². The number of carbonyl (C=O) groups excluding carboxylic acids is 2. The van der Waals surface area contributed by atoms with Crippen LogP contribution in [0.4, 0.5) is 5.82 Å². The fourth-order valence-electron chi connectivity index (χ4n) is 5.22. The third kappa shape index (κ3) is 5.13. The average molecular weight is 457 g/mol. The van der Waals surface area contributed by atoms with Gasteiger partial charge in [-0.2, -0.15) is 0 Å². The van der Waals surface area contributed by atoms with Crippen LogP contribution in [0.15, 0.2) is 16.9 Å². The summed E-state index contributed by atoms with van der Waals surface area (Å²) in [7, 11) is 0. The minimum Gasteiger partial charge on any atom is -0.340 e. The number of hydrogen-bond donors (Lipinski definition) is 1. The highest BCUT2D eigenvalue weighted by Crippen LogP contribution is 2.23. The van der Waals surface area contributed by atoms with Crippen molar-refractivity contribution in [3.05, 3.63) is 22.6 Å². The first-order valence-corrected chi connectivity index (χ1v) is 12.4. The average Bonchev–Trinajstić information content (AvgIpc) is 3.12. The number of anilines is 1. The Morgan fingerprint density at radius 1 is 0.970 bits per heavy atom. The first-order valence-electron chi connectivity index (χ1n) is 12.4. The van der Waals surface area contributed by atoms with Crippen LogP contribution in [-0.4, -0.2) is 68.0 Å². The molecule has 2 aliphatic rings. The summed E-state index contributed by atoms with van der Waals surface area (Å²) in [5.41, 5.74) is 1.22. The summed E-state index contributed by atoms with van der Waals surface area (Å²) >= 11 is 0. The van der Waals surface area contributed by atoms with Gasteiger partial charge in [0.15, 0.2) is 5.65 Å². The molecule has 33 heavy (non-hydrogen) atoms. The van der Waals surface area contributed by atoms with Gasteiger partial charge < -0.3 is 10.2 Å². The molecule has 1 N–H and O–H groups in total. The summed E-state index contributed by atoms with van der Waals surface area (Å²) in [6.45, 7) is 8.25. The van der Waals surface area contributed by atoms with Crippen LogP contribution in [-0.2, 0) is 22.7 Å². The number of pyridine rings is 1. The molecule has 1 aliphatic heterocycles. The Hall–Kier alpha value is -2.68. The van der Waals surface area contributed by atoms with Gasteiger partial charge in [0.2, 0.25) is 11.8 Å². The second-order valence-electron chi connectivity index (χ2n) is 9.07. The molecule has 2 amide bonds. The van der Waals surface area contributed by atoms with E-state index in [0.29, 0.717) is 30.6 Å². The maximum Gasteiger partial charge on any atom is 0.330 e. The second-order valence-corrected chi connectivity index (χ2v) is 9.07. The first kappa shape index (κ1) is 23.5. The zero-order valence-corrected chi connectivity index (χ0v) is 19.9. The molecule has 4 rings (SSSR count). The van der Waals surface area contributed by atoms with Gasteiger partial charge in [0, 0.05) is 58.2 Å². The molecular formula is C24H36N6O3. The molecule has 3 heterocycles. The minimum atomic E-state index is -0.239. The van der Waals surface area contributed by atoms with E-state index in [2.05, 4.69) is 15.2 Å². The number of piperazine rings is 1. The molecule has 2 fully saturated rings. The van der Waals surface area contributed by atoms with Crippen LogP contribution in [0.3, 0.4) is 0 Å². The van der Waals surface area contributed by atoms with Gasteiger partial charge in [-0.3, -0.25) is 23.6 Å². The Balaban J connectivity index is 1.28. The van der Waals surface area contributed by atoms with E-state index in [4.69, 9.17) is 0 Å². The summed E-state index contributed by atoms with van der Waals surface area (Å²) in [6, 6.07) is 4.20. The Morgan fingerprint density at radius 3 is 2.33 bits per heavy atom. The number of nitrogens with one attached hydrogen (secondary N) is 1. The molecule has 0 bridgehead atoms. The number of nitrogens with zero attached hydrogens (tertiary/aromatic N) is 5. The van der Waals surface area contributed by atoms with E-state index >= 15 is 0 Å². The van der Waals surface area contributed by atoms with Crippen LogP contribution in [0, 0.1) is 0 Å². The Bertz CT molecular complexity index is 1040. The lowest BCUT2D eigenvalue weighted by Gasteiger charge is -2.40. The van der Waals surface area contributed by atoms with E-state index in [1.54, 1.807) is 15.2 Å². The highest BCUT2D eigenvalue weighted by atomic mass is 16.2. The van der Waals surface area contributed by atoms with Crippen molar-refractivity contribution >= 4 is 28.8 Å². The predicted molar refractivity (Wildman–Crippen MR) is 128 cm³/mol. The van der Waals surface area contributed by atoms with Crippen molar-refractivity contribution in [2.24, 2.45) is 0 Å². The number of imidazole rings is 1. The zero-order valence-electron chi connectivity index (χ0n) is 19.9. The highest BCUT2D eigenvalue weighted by Gasteiger charge is 2.27. The van der Waals surface area contributed by atoms with Gasteiger partial charge >= 0.3 is 5.69 Å². The standard InChI is InChI=1S/C24H36N6O3/c1-3-29-19-10-11-20(26-23(19)30(4-2)24(29)33)25-21(31)12-13-22(32)28-16-14-27(15-17-28)18-8-6-5-7-9-18/h10-11,18H,3-9,12-17H2,1-2H3,(H,25,26,31). The number of amides is 2. The van der Waals surface area contributed by atoms with Gasteiger partial charge in [-0.1, -0.05) is 19.3 Å². The lowest BCUT2D eigenvalue weighted by Crippen LogP contribution is -2.52. The summed E-state index contributed by atoms with van der Waals surface area (Å²) in [5.74, 6) is 0.199. The maximum atomic E-state index is 12.6. The van der Waals surface area contributed by atoms with Gasteiger partial charge in [-0.05, 0) is 38.8 Å². The van der Waals surface area contributed by atoms with E-state index in [1.165, 1.54) is 32.1 Å². The van der Waals surface area contributed by atoms with Gasteiger partial charge in [-0.15, -0.1) is 0 Å². The normalized spacial score (nSPS) is 18.1. The molecule has 0 aromatic carbocycles. The van der Waals surface area contributed by atoms with Gasteiger partial charge in [0.1, 0.15) is 5.82 Å². The van der Waals surface area contributed by atoms with Crippen molar-refractivity contribution in [1.29, 1.82) is 0 Å². The van der Waals surface area contributed by atoms with Gasteiger partial charge in [0.05, 0.1) is 5.52 Å². The zero-order chi connectivity index (χ0) is 23.4. The molecule has 2 aromatic heterocycles. The lowest BCUT2D eigenvalue weighted by atomic mass is 9.94. The first-order chi connectivity index (χ1) is 16.0. The highest BCUT2D eigenvalue weighted by molar-refractivity contribution is 5.93. The molecule has 1 saturated heterocycles. The van der Waals surface area contributed by atoms with Gasteiger partial charge in [-0.25, -0.2) is 9.78 Å². The van der Waals surface area contributed by atoms with Crippen molar-refractivity contribution in [2.45, 2.75) is 77.9 Å². The fraction of sp³-hybridized carbons (Fsp3) is 0.667. The fourth-order valence-corrected chi connectivity index (χ4v) is 5.22. The molecule has 0 unspecified atom stereocenters. The second kappa shape index (κ2) is 10.5. The SMILES string of the molecule is CCn1c(=O)n(CC)c2nc(NC(=O)CCC(=O)N3CCN(C4CCCCC4)CC3)ccc21. The number of hydrogen-bond acceptors (Lipinski definition) is 5. The molecule has 0 atom stereocenters. The van der Waals surface area contributed by atoms with E-state index in [9.17, 15) is 14.4 Å². The number of rotatable bonds is 7. The van der Waals surface area contributed by atoms with E-state index in [-0.39, 0.29) is 30.3 Å². The number of fused-ring (bicyclic) bond motifs is 1. The van der Waals surface area contributed by atoms with Crippen LogP contribution in [0.5, 0.6) is 0 Å². The van der Waals surface area contributed by atoms with Crippen LogP contribution >= 0.6 is 0 Å². The van der Waals surface area contributed by atoms with Gasteiger partial charge in [0.25, 0.3) is 0 Å². The summed E-state index contributed by atoms with van der Waals surface area (Å²) in [5, 5.41) is 2.79. The van der Waals surface area contributed by atoms with Crippen molar-refractivity contribution in [2.75, 3.05) is 31.5 Å². The summed E-state index contributed by atoms with van der Waals surface area (Å²) in [4.78, 5) is 46.5. The molecule has 9 heteroatoms. The monoisotopic (exact) mass is 456 g/mol. The lowest BCUT2D eigenvalue weighted by molar-refractivity contribution is -0.134. The third-order valence-electron chi connectivity index (χ3n) is 7.09. The van der Waals surface area contributed by atoms with Crippen molar-refractivity contribution in [3.63, 3.8) is 0 Å². The molecule has 9 nitrogen and oxygen atoms in total. The molecule has 180 valence electrons. The van der Waals surface area contributed by atoms with E-state index in [1.807, 2.05) is 24.8 Å². The predicted octanol–water partition coefficient (Wildman–Crippen LogP) is 2.43. The quantitative estimate of drug-likeness (QED) is 0.691. The molecule has 2 aromatic rings. The third-order valence-corrected chi connectivity index (χ3v) is 7.09. The number of aromatic nitrogens is 3. The van der Waals surface area contributed by atoms with Crippen LogP contribution in [0.25, 0.3) is 11.2 Å². The van der Waals surface area contributed by atoms with E-state index < -0.39 is 0 Å². The smallest absolute Gasteiger partial charge is 0.330 e. The van der Waals surface area contributed by atoms with Crippen LogP contribution < -0.4 is 11.0 Å². The Morgan fingerprint density at radius 2 is 1.67 bits per heavy atom. The number of aryl methyl sites for hydroxylation is 2. The molecule has 0 spiro atoms. The topological polar surface area (TPSA) is 92.5 Å². The molecular weight excluding hydrogens is 420 g/mol. The van der Waals surface area contributed by atoms with E-state index in [0.717, 1.165) is 31.7 Å². The van der Waals surface area contributed by atoms with Crippen molar-refractivity contribution in [1.82, 2.24) is 23.9 Å². The van der Waals surface area contributed by atoms with Crippen LogP contribution in [0.2, 0.25) is 0 Å². The molecule has 1 aliphatic carbocycles. The van der Waals surface area contributed by atoms with Crippen LogP contribution in [0.1, 0.15) is 58.8 Å².